The van der Waals surface area contributed by atoms with E-state index in [9.17, 15) is 0 Å². The lowest BCUT2D eigenvalue weighted by atomic mass is 9.80. The number of rotatable bonds is 7. The first-order chi connectivity index (χ1) is 11.2. The molecule has 138 valence electrons. The van der Waals surface area contributed by atoms with Gasteiger partial charge in [-0.25, -0.2) is 0 Å². The van der Waals surface area contributed by atoms with Crippen molar-refractivity contribution in [1.29, 1.82) is 0 Å². The van der Waals surface area contributed by atoms with E-state index in [4.69, 9.17) is 4.99 Å². The van der Waals surface area contributed by atoms with Crippen molar-refractivity contribution in [2.75, 3.05) is 0 Å². The fourth-order valence-corrected chi connectivity index (χ4v) is 2.52. The van der Waals surface area contributed by atoms with Crippen molar-refractivity contribution in [3.8, 4) is 0 Å². The molecule has 1 aromatic carbocycles. The van der Waals surface area contributed by atoms with E-state index in [1.807, 2.05) is 6.07 Å². The van der Waals surface area contributed by atoms with Crippen molar-refractivity contribution >= 4 is 11.4 Å². The highest BCUT2D eigenvalue weighted by molar-refractivity contribution is 5.90. The quantitative estimate of drug-likeness (QED) is 0.447. The maximum Gasteiger partial charge on any atom is 0.0658 e. The Morgan fingerprint density at radius 3 is 1.62 bits per heavy atom. The van der Waals surface area contributed by atoms with Gasteiger partial charge in [0.25, 0.3) is 0 Å². The van der Waals surface area contributed by atoms with E-state index in [-0.39, 0.29) is 5.41 Å². The Balaban J connectivity index is 0.000000561. The lowest BCUT2D eigenvalue weighted by molar-refractivity contribution is 0.286. The standard InChI is InChI=1S/C15H23N.C8H18/c1-6-15(5,7-2)13(4)16-14-11-9-8-10-12(14)3;1-5-8(4,6-2)7-3/h8-11H,6-7H2,1-5H3;5-7H2,1-4H3. The van der Waals surface area contributed by atoms with E-state index in [1.54, 1.807) is 0 Å². The Kier molecular flexibility index (Phi) is 10.2. The van der Waals surface area contributed by atoms with Crippen molar-refractivity contribution in [1.82, 2.24) is 0 Å². The Morgan fingerprint density at radius 2 is 1.29 bits per heavy atom. The van der Waals surface area contributed by atoms with Crippen LogP contribution in [0, 0.1) is 17.8 Å². The molecule has 0 radical (unpaired) electrons. The lowest BCUT2D eigenvalue weighted by Gasteiger charge is -2.26. The molecule has 0 atom stereocenters. The molecule has 24 heavy (non-hydrogen) atoms. The average molecular weight is 332 g/mol. The molecular weight excluding hydrogens is 290 g/mol. The highest BCUT2D eigenvalue weighted by atomic mass is 14.8. The molecule has 0 aliphatic rings. The summed E-state index contributed by atoms with van der Waals surface area (Å²) in [4.78, 5) is 4.79. The normalized spacial score (nSPS) is 12.6. The molecule has 0 amide bonds. The molecule has 0 unspecified atom stereocenters. The topological polar surface area (TPSA) is 12.4 Å². The molecule has 0 fully saturated rings. The van der Waals surface area contributed by atoms with Crippen molar-refractivity contribution in [3.63, 3.8) is 0 Å². The molecule has 0 aliphatic heterocycles. The van der Waals surface area contributed by atoms with Crippen LogP contribution in [-0.2, 0) is 0 Å². The van der Waals surface area contributed by atoms with Crippen LogP contribution in [0.4, 0.5) is 5.69 Å². The number of hydrogen-bond donors (Lipinski definition) is 0. The van der Waals surface area contributed by atoms with Gasteiger partial charge in [0, 0.05) is 11.1 Å². The van der Waals surface area contributed by atoms with Gasteiger partial charge in [0.15, 0.2) is 0 Å². The van der Waals surface area contributed by atoms with Crippen LogP contribution in [0.15, 0.2) is 29.3 Å². The molecule has 0 N–H and O–H groups in total. The third-order valence-corrected chi connectivity index (χ3v) is 6.40. The Morgan fingerprint density at radius 1 is 0.833 bits per heavy atom. The highest BCUT2D eigenvalue weighted by Crippen LogP contribution is 2.30. The first-order valence-corrected chi connectivity index (χ1v) is 9.83. The zero-order valence-corrected chi connectivity index (χ0v) is 17.8. The maximum atomic E-state index is 4.79. The van der Waals surface area contributed by atoms with Gasteiger partial charge in [0.1, 0.15) is 0 Å². The second-order valence-corrected chi connectivity index (χ2v) is 7.62. The molecule has 0 spiro atoms. The van der Waals surface area contributed by atoms with Gasteiger partial charge in [-0.2, -0.15) is 0 Å². The summed E-state index contributed by atoms with van der Waals surface area (Å²) in [7, 11) is 0. The second-order valence-electron chi connectivity index (χ2n) is 7.62. The summed E-state index contributed by atoms with van der Waals surface area (Å²) < 4.78 is 0. The zero-order chi connectivity index (χ0) is 18.8. The van der Waals surface area contributed by atoms with Crippen LogP contribution in [-0.4, -0.2) is 5.71 Å². The van der Waals surface area contributed by atoms with Gasteiger partial charge in [0.05, 0.1) is 5.69 Å². The molecule has 1 rings (SSSR count). The van der Waals surface area contributed by atoms with Crippen LogP contribution in [0.5, 0.6) is 0 Å². The minimum absolute atomic E-state index is 0.238. The Labute approximate surface area is 152 Å². The molecular formula is C23H41N. The summed E-state index contributed by atoms with van der Waals surface area (Å²) in [6, 6.07) is 8.31. The van der Waals surface area contributed by atoms with Crippen LogP contribution < -0.4 is 0 Å². The van der Waals surface area contributed by atoms with Crippen molar-refractivity contribution in [2.45, 2.75) is 94.4 Å². The molecule has 1 heteroatoms. The molecule has 0 aromatic heterocycles. The second kappa shape index (κ2) is 10.7. The average Bonchev–Trinajstić information content (AvgIpc) is 2.62. The molecule has 0 saturated heterocycles. The fourth-order valence-electron chi connectivity index (χ4n) is 2.52. The summed E-state index contributed by atoms with van der Waals surface area (Å²) in [5, 5.41) is 0. The first kappa shape index (κ1) is 22.9. The number of para-hydroxylation sites is 1. The Bertz CT molecular complexity index is 482. The van der Waals surface area contributed by atoms with Gasteiger partial charge < -0.3 is 0 Å². The van der Waals surface area contributed by atoms with Crippen LogP contribution in [0.1, 0.15) is 93.1 Å². The minimum Gasteiger partial charge on any atom is -0.257 e. The summed E-state index contributed by atoms with van der Waals surface area (Å²) in [5.41, 5.74) is 4.46. The number of hydrogen-bond acceptors (Lipinski definition) is 1. The molecule has 0 heterocycles. The smallest absolute Gasteiger partial charge is 0.0658 e. The highest BCUT2D eigenvalue weighted by Gasteiger charge is 2.23. The first-order valence-electron chi connectivity index (χ1n) is 9.83. The maximum absolute atomic E-state index is 4.79. The van der Waals surface area contributed by atoms with E-state index >= 15 is 0 Å². The lowest BCUT2D eigenvalue weighted by Crippen LogP contribution is -2.23. The van der Waals surface area contributed by atoms with E-state index in [0.717, 1.165) is 18.5 Å². The fraction of sp³-hybridized carbons (Fsp3) is 0.696. The van der Waals surface area contributed by atoms with Crippen molar-refractivity contribution < 1.29 is 0 Å². The summed E-state index contributed by atoms with van der Waals surface area (Å²) in [5.74, 6) is 0. The zero-order valence-electron chi connectivity index (χ0n) is 17.8. The molecule has 1 aromatic rings. The third kappa shape index (κ3) is 6.79. The van der Waals surface area contributed by atoms with Crippen molar-refractivity contribution in [2.24, 2.45) is 15.8 Å². The third-order valence-electron chi connectivity index (χ3n) is 6.40. The molecule has 0 saturated carbocycles. The monoisotopic (exact) mass is 331 g/mol. The Hall–Kier alpha value is -1.11. The van der Waals surface area contributed by atoms with Crippen LogP contribution in [0.2, 0.25) is 0 Å². The van der Waals surface area contributed by atoms with E-state index < -0.39 is 0 Å². The van der Waals surface area contributed by atoms with Crippen molar-refractivity contribution in [3.05, 3.63) is 29.8 Å². The summed E-state index contributed by atoms with van der Waals surface area (Å²) in [6.07, 6.45) is 6.25. The van der Waals surface area contributed by atoms with Gasteiger partial charge in [0.2, 0.25) is 0 Å². The molecule has 0 aliphatic carbocycles. The van der Waals surface area contributed by atoms with Gasteiger partial charge in [-0.15, -0.1) is 0 Å². The molecule has 0 bridgehead atoms. The number of benzene rings is 1. The minimum atomic E-state index is 0.238. The van der Waals surface area contributed by atoms with Gasteiger partial charge in [-0.3, -0.25) is 4.99 Å². The predicted octanol–water partition coefficient (Wildman–Crippen LogP) is 8.14. The molecule has 1 nitrogen and oxygen atoms in total. The van der Waals surface area contributed by atoms with Gasteiger partial charge in [-0.05, 0) is 43.7 Å². The van der Waals surface area contributed by atoms with Crippen LogP contribution >= 0.6 is 0 Å². The number of aliphatic imine (C=N–C) groups is 1. The van der Waals surface area contributed by atoms with E-state index in [0.29, 0.717) is 5.41 Å². The van der Waals surface area contributed by atoms with Gasteiger partial charge in [-0.1, -0.05) is 85.9 Å². The predicted molar refractivity (Wildman–Crippen MR) is 112 cm³/mol. The van der Waals surface area contributed by atoms with Crippen LogP contribution in [0.3, 0.4) is 0 Å². The summed E-state index contributed by atoms with van der Waals surface area (Å²) in [6.45, 7) is 20.2. The van der Waals surface area contributed by atoms with E-state index in [1.165, 1.54) is 30.5 Å². The van der Waals surface area contributed by atoms with E-state index in [2.05, 4.69) is 80.5 Å². The SMILES string of the molecule is CCC(C)(CC)C(C)=Nc1ccccc1C.CCC(C)(CC)CC. The van der Waals surface area contributed by atoms with Crippen LogP contribution in [0.25, 0.3) is 0 Å². The summed E-state index contributed by atoms with van der Waals surface area (Å²) >= 11 is 0. The van der Waals surface area contributed by atoms with Gasteiger partial charge >= 0.3 is 0 Å². The number of aryl methyl sites for hydroxylation is 1. The number of nitrogens with zero attached hydrogens (tertiary/aromatic N) is 1. The largest absolute Gasteiger partial charge is 0.257 e.